The molecule has 0 N–H and O–H groups in total. The van der Waals surface area contributed by atoms with E-state index in [1.165, 1.54) is 0 Å². The molecule has 2 nitrogen and oxygen atoms in total. The first kappa shape index (κ1) is 7.83. The summed E-state index contributed by atoms with van der Waals surface area (Å²) < 4.78 is 10.6. The van der Waals surface area contributed by atoms with Crippen LogP contribution in [0, 0.1) is 0 Å². The Morgan fingerprint density at radius 3 is 2.70 bits per heavy atom. The lowest BCUT2D eigenvalue weighted by atomic mass is 9.83. The van der Waals surface area contributed by atoms with Gasteiger partial charge in [-0.25, -0.2) is 0 Å². The van der Waals surface area contributed by atoms with Gasteiger partial charge in [0.05, 0.1) is 0 Å². The Kier molecular flexibility index (Phi) is 3.54. The second-order valence-electron chi connectivity index (χ2n) is 2.33. The molecule has 1 heterocycles. The van der Waals surface area contributed by atoms with Gasteiger partial charge in [-0.05, 0) is 13.3 Å². The molecule has 1 rings (SSSR count). The second-order valence-corrected chi connectivity index (χ2v) is 2.33. The van der Waals surface area contributed by atoms with Gasteiger partial charge in [0.25, 0.3) is 0 Å². The largest absolute Gasteiger partial charge is 0.460 e. The maximum Gasteiger partial charge on any atom is 0.460 e. The lowest BCUT2D eigenvalue weighted by Gasteiger charge is -2.18. The van der Waals surface area contributed by atoms with E-state index >= 15 is 0 Å². The van der Waals surface area contributed by atoms with Crippen LogP contribution in [-0.2, 0) is 9.31 Å². The predicted octanol–water partition coefficient (Wildman–Crippen LogP) is 1.49. The van der Waals surface area contributed by atoms with E-state index < -0.39 is 0 Å². The Labute approximate surface area is 62.4 Å². The van der Waals surface area contributed by atoms with Gasteiger partial charge in [0.15, 0.2) is 0 Å². The van der Waals surface area contributed by atoms with Crippen LogP contribution in [0.1, 0.15) is 13.3 Å². The molecule has 0 atom stereocenters. The van der Waals surface area contributed by atoms with Crippen molar-refractivity contribution in [2.24, 2.45) is 0 Å². The van der Waals surface area contributed by atoms with Gasteiger partial charge in [0.2, 0.25) is 0 Å². The summed E-state index contributed by atoms with van der Waals surface area (Å²) in [6.45, 7) is 3.70. The van der Waals surface area contributed by atoms with Crippen molar-refractivity contribution in [2.45, 2.75) is 19.7 Å². The third-order valence-electron chi connectivity index (χ3n) is 1.46. The number of hydrogen-bond acceptors (Lipinski definition) is 2. The van der Waals surface area contributed by atoms with Gasteiger partial charge in [0.1, 0.15) is 0 Å². The Balaban J connectivity index is 2.13. The number of hydrogen-bond donors (Lipinski definition) is 0. The summed E-state index contributed by atoms with van der Waals surface area (Å²) in [7, 11) is 0.0185. The smallest absolute Gasteiger partial charge is 0.411 e. The monoisotopic (exact) mass is 140 g/mol. The van der Waals surface area contributed by atoms with E-state index in [0.29, 0.717) is 0 Å². The highest BCUT2D eigenvalue weighted by Crippen LogP contribution is 2.05. The van der Waals surface area contributed by atoms with E-state index in [2.05, 4.69) is 6.08 Å². The zero-order valence-corrected chi connectivity index (χ0v) is 6.38. The topological polar surface area (TPSA) is 18.5 Å². The van der Waals surface area contributed by atoms with Crippen molar-refractivity contribution < 1.29 is 9.31 Å². The molecule has 0 amide bonds. The maximum absolute atomic E-state index is 5.31. The molecular formula is C7H13BO2. The SMILES string of the molecule is C/C=C\CB1OCCCO1. The molecule has 0 spiro atoms. The summed E-state index contributed by atoms with van der Waals surface area (Å²) in [5, 5.41) is 0. The average Bonchev–Trinajstić information content (AvgIpc) is 2.03. The van der Waals surface area contributed by atoms with E-state index in [4.69, 9.17) is 9.31 Å². The van der Waals surface area contributed by atoms with E-state index in [0.717, 1.165) is 26.0 Å². The van der Waals surface area contributed by atoms with Crippen LogP contribution in [0.2, 0.25) is 6.32 Å². The summed E-state index contributed by atoms with van der Waals surface area (Å²) in [5.41, 5.74) is 0. The normalized spacial score (nSPS) is 20.3. The zero-order valence-electron chi connectivity index (χ0n) is 6.38. The number of allylic oxidation sites excluding steroid dienone is 2. The minimum Gasteiger partial charge on any atom is -0.411 e. The molecule has 0 bridgehead atoms. The van der Waals surface area contributed by atoms with Crippen LogP contribution in [-0.4, -0.2) is 20.3 Å². The quantitative estimate of drug-likeness (QED) is 0.427. The molecule has 1 aliphatic heterocycles. The van der Waals surface area contributed by atoms with Gasteiger partial charge >= 0.3 is 7.12 Å². The molecular weight excluding hydrogens is 127 g/mol. The van der Waals surface area contributed by atoms with Crippen molar-refractivity contribution in [3.63, 3.8) is 0 Å². The summed E-state index contributed by atoms with van der Waals surface area (Å²) in [6.07, 6.45) is 6.00. The minimum absolute atomic E-state index is 0.0185. The van der Waals surface area contributed by atoms with E-state index in [1.807, 2.05) is 13.0 Å². The molecule has 56 valence electrons. The second kappa shape index (κ2) is 4.53. The lowest BCUT2D eigenvalue weighted by molar-refractivity contribution is 0.136. The molecule has 10 heavy (non-hydrogen) atoms. The molecule has 0 unspecified atom stereocenters. The summed E-state index contributed by atoms with van der Waals surface area (Å²) >= 11 is 0. The van der Waals surface area contributed by atoms with E-state index in [1.54, 1.807) is 0 Å². The average molecular weight is 140 g/mol. The first-order valence-corrected chi connectivity index (χ1v) is 3.78. The summed E-state index contributed by atoms with van der Waals surface area (Å²) in [6, 6.07) is 0. The maximum atomic E-state index is 5.31. The Morgan fingerprint density at radius 1 is 1.40 bits per heavy atom. The van der Waals surface area contributed by atoms with Crippen molar-refractivity contribution in [1.82, 2.24) is 0 Å². The van der Waals surface area contributed by atoms with Crippen molar-refractivity contribution in [3.8, 4) is 0 Å². The van der Waals surface area contributed by atoms with Crippen LogP contribution < -0.4 is 0 Å². The number of rotatable bonds is 2. The molecule has 0 aromatic carbocycles. The molecule has 1 fully saturated rings. The highest BCUT2D eigenvalue weighted by Gasteiger charge is 2.18. The van der Waals surface area contributed by atoms with Crippen molar-refractivity contribution in [3.05, 3.63) is 12.2 Å². The van der Waals surface area contributed by atoms with Crippen molar-refractivity contribution >= 4 is 7.12 Å². The van der Waals surface area contributed by atoms with Crippen LogP contribution in [0.4, 0.5) is 0 Å². The molecule has 1 aliphatic rings. The van der Waals surface area contributed by atoms with Gasteiger partial charge < -0.3 is 9.31 Å². The predicted molar refractivity (Wildman–Crippen MR) is 41.9 cm³/mol. The molecule has 0 saturated carbocycles. The molecule has 0 radical (unpaired) electrons. The van der Waals surface area contributed by atoms with Crippen LogP contribution in [0.15, 0.2) is 12.2 Å². The fraction of sp³-hybridized carbons (Fsp3) is 0.714. The van der Waals surface area contributed by atoms with Gasteiger partial charge in [-0.1, -0.05) is 12.2 Å². The van der Waals surface area contributed by atoms with Crippen LogP contribution >= 0.6 is 0 Å². The van der Waals surface area contributed by atoms with E-state index in [9.17, 15) is 0 Å². The molecule has 0 aromatic heterocycles. The van der Waals surface area contributed by atoms with Crippen molar-refractivity contribution in [1.29, 1.82) is 0 Å². The standard InChI is InChI=1S/C7H13BO2/c1-2-3-5-8-9-6-4-7-10-8/h2-3H,4-7H2,1H3/b3-2-. The minimum atomic E-state index is 0.0185. The zero-order chi connectivity index (χ0) is 7.23. The Bertz CT molecular complexity index is 108. The highest BCUT2D eigenvalue weighted by atomic mass is 16.6. The van der Waals surface area contributed by atoms with Crippen LogP contribution in [0.25, 0.3) is 0 Å². The van der Waals surface area contributed by atoms with Gasteiger partial charge in [-0.3, -0.25) is 0 Å². The van der Waals surface area contributed by atoms with Crippen LogP contribution in [0.5, 0.6) is 0 Å². The molecule has 1 saturated heterocycles. The third-order valence-corrected chi connectivity index (χ3v) is 1.46. The fourth-order valence-electron chi connectivity index (χ4n) is 0.920. The first-order valence-electron chi connectivity index (χ1n) is 3.78. The summed E-state index contributed by atoms with van der Waals surface area (Å²) in [5.74, 6) is 0. The lowest BCUT2D eigenvalue weighted by Crippen LogP contribution is -2.28. The Morgan fingerprint density at radius 2 is 2.10 bits per heavy atom. The van der Waals surface area contributed by atoms with Gasteiger partial charge in [-0.15, -0.1) is 0 Å². The Hall–Kier alpha value is -0.275. The highest BCUT2D eigenvalue weighted by molar-refractivity contribution is 6.45. The molecule has 0 aliphatic carbocycles. The molecule has 0 aromatic rings. The first-order chi connectivity index (χ1) is 4.93. The fourth-order valence-corrected chi connectivity index (χ4v) is 0.920. The molecule has 3 heteroatoms. The van der Waals surface area contributed by atoms with Gasteiger partial charge in [0, 0.05) is 19.5 Å². The van der Waals surface area contributed by atoms with Gasteiger partial charge in [-0.2, -0.15) is 0 Å². The van der Waals surface area contributed by atoms with E-state index in [-0.39, 0.29) is 7.12 Å². The summed E-state index contributed by atoms with van der Waals surface area (Å²) in [4.78, 5) is 0. The van der Waals surface area contributed by atoms with Crippen molar-refractivity contribution in [2.75, 3.05) is 13.2 Å². The third kappa shape index (κ3) is 2.54. The van der Waals surface area contributed by atoms with Crippen LogP contribution in [0.3, 0.4) is 0 Å².